The number of aliphatic imine (C=N–C) groups is 1. The van der Waals surface area contributed by atoms with Gasteiger partial charge in [-0.25, -0.2) is 4.99 Å². The van der Waals surface area contributed by atoms with Crippen molar-refractivity contribution in [3.8, 4) is 0 Å². The summed E-state index contributed by atoms with van der Waals surface area (Å²) in [6.45, 7) is 3.26. The van der Waals surface area contributed by atoms with Gasteiger partial charge in [-0.2, -0.15) is 0 Å². The highest BCUT2D eigenvalue weighted by Gasteiger charge is 2.18. The lowest BCUT2D eigenvalue weighted by Gasteiger charge is -2.19. The lowest BCUT2D eigenvalue weighted by molar-refractivity contribution is -0.127. The minimum absolute atomic E-state index is 0. The lowest BCUT2D eigenvalue weighted by atomic mass is 10.2. The molecular weight excluding hydrogens is 403 g/mol. The molecule has 1 saturated heterocycles. The third-order valence-electron chi connectivity index (χ3n) is 3.74. The van der Waals surface area contributed by atoms with E-state index >= 15 is 0 Å². The molecule has 1 fully saturated rings. The van der Waals surface area contributed by atoms with E-state index in [9.17, 15) is 4.79 Å². The van der Waals surface area contributed by atoms with E-state index in [4.69, 9.17) is 0 Å². The van der Waals surface area contributed by atoms with Crippen LogP contribution < -0.4 is 5.32 Å². The summed E-state index contributed by atoms with van der Waals surface area (Å²) in [7, 11) is 3.97. The Morgan fingerprint density at radius 3 is 2.65 bits per heavy atom. The number of benzene rings is 1. The number of hydrogen-bond acceptors (Lipinski definition) is 2. The number of carbonyl (C=O) groups excluding carboxylic acids is 1. The highest BCUT2D eigenvalue weighted by molar-refractivity contribution is 14.0. The number of guanidine groups is 1. The van der Waals surface area contributed by atoms with Gasteiger partial charge in [0, 0.05) is 40.2 Å². The summed E-state index contributed by atoms with van der Waals surface area (Å²) >= 11 is 0. The summed E-state index contributed by atoms with van der Waals surface area (Å²) in [5, 5.41) is 3.37. The maximum atomic E-state index is 11.5. The first-order chi connectivity index (χ1) is 10.7. The first kappa shape index (κ1) is 19.7. The van der Waals surface area contributed by atoms with Crippen molar-refractivity contribution in [2.75, 3.05) is 33.7 Å². The van der Waals surface area contributed by atoms with Crippen LogP contribution >= 0.6 is 24.0 Å². The van der Waals surface area contributed by atoms with Gasteiger partial charge < -0.3 is 15.1 Å². The van der Waals surface area contributed by atoms with E-state index in [2.05, 4.69) is 22.4 Å². The van der Waals surface area contributed by atoms with E-state index in [1.165, 1.54) is 5.56 Å². The second-order valence-electron chi connectivity index (χ2n) is 5.78. The fourth-order valence-electron chi connectivity index (χ4n) is 2.52. The van der Waals surface area contributed by atoms with Crippen LogP contribution in [-0.2, 0) is 11.3 Å². The zero-order chi connectivity index (χ0) is 15.8. The second-order valence-corrected chi connectivity index (χ2v) is 5.78. The molecule has 0 unspecified atom stereocenters. The Balaban J connectivity index is 0.00000264. The minimum atomic E-state index is 0. The van der Waals surface area contributed by atoms with E-state index in [0.717, 1.165) is 44.9 Å². The number of hydrogen-bond donors (Lipinski definition) is 1. The maximum absolute atomic E-state index is 11.5. The van der Waals surface area contributed by atoms with Gasteiger partial charge in [-0.3, -0.25) is 4.79 Å². The molecule has 6 heteroatoms. The summed E-state index contributed by atoms with van der Waals surface area (Å²) in [4.78, 5) is 20.1. The van der Waals surface area contributed by atoms with Crippen LogP contribution in [0.4, 0.5) is 0 Å². The normalized spacial score (nSPS) is 14.6. The molecule has 0 spiro atoms. The largest absolute Gasteiger partial charge is 0.356 e. The van der Waals surface area contributed by atoms with Crippen LogP contribution in [0.25, 0.3) is 0 Å². The molecule has 0 radical (unpaired) electrons. The number of amides is 1. The van der Waals surface area contributed by atoms with E-state index < -0.39 is 0 Å². The molecule has 1 aliphatic heterocycles. The number of carbonyl (C=O) groups is 1. The van der Waals surface area contributed by atoms with Crippen LogP contribution in [0.5, 0.6) is 0 Å². The van der Waals surface area contributed by atoms with Gasteiger partial charge >= 0.3 is 0 Å². The van der Waals surface area contributed by atoms with Gasteiger partial charge in [-0.05, 0) is 18.4 Å². The van der Waals surface area contributed by atoms with Crippen molar-refractivity contribution in [3.63, 3.8) is 0 Å². The summed E-state index contributed by atoms with van der Waals surface area (Å²) in [5.41, 5.74) is 1.20. The highest BCUT2D eigenvalue weighted by Crippen LogP contribution is 2.09. The summed E-state index contributed by atoms with van der Waals surface area (Å²) in [5.74, 6) is 1.18. The first-order valence-electron chi connectivity index (χ1n) is 7.94. The number of likely N-dealkylation sites (tertiary alicyclic amines) is 1. The fourth-order valence-corrected chi connectivity index (χ4v) is 2.52. The van der Waals surface area contributed by atoms with Crippen molar-refractivity contribution < 1.29 is 4.79 Å². The molecule has 1 aliphatic rings. The molecule has 128 valence electrons. The summed E-state index contributed by atoms with van der Waals surface area (Å²) in [6, 6.07) is 10.2. The minimum Gasteiger partial charge on any atom is -0.356 e. The Morgan fingerprint density at radius 2 is 2.04 bits per heavy atom. The maximum Gasteiger partial charge on any atom is 0.222 e. The Labute approximate surface area is 156 Å². The molecule has 1 heterocycles. The molecule has 2 rings (SSSR count). The Kier molecular flexibility index (Phi) is 8.98. The van der Waals surface area contributed by atoms with Crippen molar-refractivity contribution in [3.05, 3.63) is 35.9 Å². The fraction of sp³-hybridized carbons (Fsp3) is 0.529. The molecule has 23 heavy (non-hydrogen) atoms. The van der Waals surface area contributed by atoms with Gasteiger partial charge in [-0.1, -0.05) is 30.3 Å². The van der Waals surface area contributed by atoms with Crippen molar-refractivity contribution in [2.24, 2.45) is 4.99 Å². The SMILES string of the molecule is CN(C)C(=NCc1ccccc1)NCCCN1CCCC1=O.I. The molecule has 0 aromatic heterocycles. The van der Waals surface area contributed by atoms with Crippen LogP contribution in [0, 0.1) is 0 Å². The predicted molar refractivity (Wildman–Crippen MR) is 105 cm³/mol. The molecule has 0 aliphatic carbocycles. The average molecular weight is 430 g/mol. The van der Waals surface area contributed by atoms with Crippen LogP contribution in [0.15, 0.2) is 35.3 Å². The third kappa shape index (κ3) is 6.76. The molecule has 1 N–H and O–H groups in total. The zero-order valence-electron chi connectivity index (χ0n) is 14.0. The van der Waals surface area contributed by atoms with E-state index in [0.29, 0.717) is 12.5 Å². The van der Waals surface area contributed by atoms with Crippen LogP contribution in [0.2, 0.25) is 0 Å². The Morgan fingerprint density at radius 1 is 1.30 bits per heavy atom. The van der Waals surface area contributed by atoms with E-state index in [-0.39, 0.29) is 24.0 Å². The van der Waals surface area contributed by atoms with E-state index in [1.807, 2.05) is 42.1 Å². The molecular formula is C17H27IN4O. The molecule has 1 amide bonds. The molecule has 0 saturated carbocycles. The lowest BCUT2D eigenvalue weighted by Crippen LogP contribution is -2.38. The molecule has 5 nitrogen and oxygen atoms in total. The van der Waals surface area contributed by atoms with Crippen LogP contribution in [0.3, 0.4) is 0 Å². The molecule has 1 aromatic rings. The van der Waals surface area contributed by atoms with Crippen molar-refractivity contribution >= 4 is 35.8 Å². The van der Waals surface area contributed by atoms with Crippen LogP contribution in [-0.4, -0.2) is 55.4 Å². The number of rotatable bonds is 6. The third-order valence-corrected chi connectivity index (χ3v) is 3.74. The summed E-state index contributed by atoms with van der Waals surface area (Å²) < 4.78 is 0. The molecule has 1 aromatic carbocycles. The Hall–Kier alpha value is -1.31. The van der Waals surface area contributed by atoms with E-state index in [1.54, 1.807) is 0 Å². The van der Waals surface area contributed by atoms with Gasteiger partial charge in [0.1, 0.15) is 0 Å². The monoisotopic (exact) mass is 430 g/mol. The Bertz CT molecular complexity index is 505. The van der Waals surface area contributed by atoms with Crippen molar-refractivity contribution in [1.82, 2.24) is 15.1 Å². The summed E-state index contributed by atoms with van der Waals surface area (Å²) in [6.07, 6.45) is 2.67. The number of nitrogens with one attached hydrogen (secondary N) is 1. The van der Waals surface area contributed by atoms with Crippen molar-refractivity contribution in [2.45, 2.75) is 25.8 Å². The topological polar surface area (TPSA) is 47.9 Å². The van der Waals surface area contributed by atoms with Gasteiger partial charge in [-0.15, -0.1) is 24.0 Å². The smallest absolute Gasteiger partial charge is 0.222 e. The molecule has 0 atom stereocenters. The first-order valence-corrected chi connectivity index (χ1v) is 7.94. The van der Waals surface area contributed by atoms with Gasteiger partial charge in [0.05, 0.1) is 6.54 Å². The van der Waals surface area contributed by atoms with Crippen molar-refractivity contribution in [1.29, 1.82) is 0 Å². The van der Waals surface area contributed by atoms with Gasteiger partial charge in [0.2, 0.25) is 5.91 Å². The van der Waals surface area contributed by atoms with Gasteiger partial charge in [0.15, 0.2) is 5.96 Å². The average Bonchev–Trinajstić information content (AvgIpc) is 2.92. The number of halogens is 1. The molecule has 0 bridgehead atoms. The standard InChI is InChI=1S/C17H26N4O.HI/c1-20(2)17(19-14-15-8-4-3-5-9-15)18-11-7-13-21-12-6-10-16(21)22;/h3-5,8-9H,6-7,10-14H2,1-2H3,(H,18,19);1H. The van der Waals surface area contributed by atoms with Crippen LogP contribution in [0.1, 0.15) is 24.8 Å². The quantitative estimate of drug-likeness (QED) is 0.326. The predicted octanol–water partition coefficient (Wildman–Crippen LogP) is 2.32. The second kappa shape index (κ2) is 10.5. The zero-order valence-corrected chi connectivity index (χ0v) is 16.3. The van der Waals surface area contributed by atoms with Gasteiger partial charge in [0.25, 0.3) is 0 Å². The highest BCUT2D eigenvalue weighted by atomic mass is 127. The number of nitrogens with zero attached hydrogens (tertiary/aromatic N) is 3.